The van der Waals surface area contributed by atoms with Crippen LogP contribution < -0.4 is 4.72 Å². The number of hydrogen-bond donors (Lipinski definition) is 1. The molecule has 2 aromatic heterocycles. The van der Waals surface area contributed by atoms with E-state index in [0.717, 1.165) is 12.1 Å². The quantitative estimate of drug-likeness (QED) is 0.715. The Hall–Kier alpha value is -2.82. The first kappa shape index (κ1) is 19.0. The Labute approximate surface area is 153 Å². The number of nitrogens with one attached hydrogen (secondary N) is 1. The second-order valence-corrected chi connectivity index (χ2v) is 7.60. The van der Waals surface area contributed by atoms with E-state index >= 15 is 0 Å². The Morgan fingerprint density at radius 2 is 1.93 bits per heavy atom. The van der Waals surface area contributed by atoms with Crippen LogP contribution in [0.25, 0.3) is 0 Å². The molecule has 2 heterocycles. The molecule has 1 N–H and O–H groups in total. The average molecular weight is 399 g/mol. The standard InChI is InChI=1S/C16H16F3N5O2S/c1-11-15(8-20-23(11)2)27(25,26)22-14-7-21-24(10-14)9-12-4-3-5-13(6-12)16(17,18)19/h3-8,10,22H,9H2,1-2H3. The average Bonchev–Trinajstić information content (AvgIpc) is 3.14. The van der Waals surface area contributed by atoms with Gasteiger partial charge in [0.2, 0.25) is 0 Å². The molecule has 0 fully saturated rings. The first-order valence-electron chi connectivity index (χ1n) is 7.76. The Bertz CT molecular complexity index is 1070. The molecule has 27 heavy (non-hydrogen) atoms. The fraction of sp³-hybridized carbons (Fsp3) is 0.250. The Balaban J connectivity index is 1.77. The minimum Gasteiger partial charge on any atom is -0.276 e. The van der Waals surface area contributed by atoms with Gasteiger partial charge in [-0.25, -0.2) is 8.42 Å². The van der Waals surface area contributed by atoms with Crippen LogP contribution in [0.1, 0.15) is 16.8 Å². The molecule has 0 aliphatic carbocycles. The number of alkyl halides is 3. The highest BCUT2D eigenvalue weighted by molar-refractivity contribution is 7.92. The highest BCUT2D eigenvalue weighted by atomic mass is 32.2. The molecule has 0 aliphatic heterocycles. The molecular weight excluding hydrogens is 383 g/mol. The number of hydrogen-bond acceptors (Lipinski definition) is 4. The van der Waals surface area contributed by atoms with Gasteiger partial charge in [0.05, 0.1) is 35.9 Å². The Morgan fingerprint density at radius 3 is 2.56 bits per heavy atom. The maximum atomic E-state index is 12.8. The number of sulfonamides is 1. The van der Waals surface area contributed by atoms with Crippen molar-refractivity contribution >= 4 is 15.7 Å². The molecule has 11 heteroatoms. The van der Waals surface area contributed by atoms with Gasteiger partial charge in [0.1, 0.15) is 4.90 Å². The van der Waals surface area contributed by atoms with Gasteiger partial charge in [0.15, 0.2) is 0 Å². The van der Waals surface area contributed by atoms with Crippen molar-refractivity contribution in [3.05, 3.63) is 59.7 Å². The summed E-state index contributed by atoms with van der Waals surface area (Å²) in [5.74, 6) is 0. The summed E-state index contributed by atoms with van der Waals surface area (Å²) < 4.78 is 68.4. The molecule has 0 bridgehead atoms. The molecule has 0 atom stereocenters. The SMILES string of the molecule is Cc1c(S(=O)(=O)Nc2cnn(Cc3cccc(C(F)(F)F)c3)c2)cnn1C. The molecule has 0 saturated carbocycles. The van der Waals surface area contributed by atoms with Crippen molar-refractivity contribution in [2.24, 2.45) is 7.05 Å². The van der Waals surface area contributed by atoms with Crippen LogP contribution in [0, 0.1) is 6.92 Å². The van der Waals surface area contributed by atoms with Crippen LogP contribution in [0.15, 0.2) is 47.8 Å². The minimum absolute atomic E-state index is 0.0376. The van der Waals surface area contributed by atoms with E-state index in [4.69, 9.17) is 0 Å². The molecule has 1 aromatic carbocycles. The molecule has 3 aromatic rings. The van der Waals surface area contributed by atoms with Crippen molar-refractivity contribution in [3.8, 4) is 0 Å². The van der Waals surface area contributed by atoms with Crippen molar-refractivity contribution in [2.45, 2.75) is 24.5 Å². The second-order valence-electron chi connectivity index (χ2n) is 5.95. The fourth-order valence-electron chi connectivity index (χ4n) is 2.49. The van der Waals surface area contributed by atoms with E-state index in [2.05, 4.69) is 14.9 Å². The van der Waals surface area contributed by atoms with E-state index in [1.807, 2.05) is 0 Å². The van der Waals surface area contributed by atoms with Crippen molar-refractivity contribution in [1.29, 1.82) is 0 Å². The predicted octanol–water partition coefficient (Wildman–Crippen LogP) is 2.79. The molecule has 0 unspecified atom stereocenters. The van der Waals surface area contributed by atoms with Gasteiger partial charge in [-0.1, -0.05) is 12.1 Å². The molecule has 144 valence electrons. The lowest BCUT2D eigenvalue weighted by molar-refractivity contribution is -0.137. The molecule has 0 amide bonds. The molecule has 0 radical (unpaired) electrons. The van der Waals surface area contributed by atoms with Crippen LogP contribution in [0.3, 0.4) is 0 Å². The summed E-state index contributed by atoms with van der Waals surface area (Å²) in [5.41, 5.74) is 0.314. The minimum atomic E-state index is -4.43. The van der Waals surface area contributed by atoms with Gasteiger partial charge in [-0.2, -0.15) is 23.4 Å². The number of aromatic nitrogens is 4. The number of anilines is 1. The topological polar surface area (TPSA) is 81.8 Å². The van der Waals surface area contributed by atoms with Gasteiger partial charge >= 0.3 is 6.18 Å². The van der Waals surface area contributed by atoms with Crippen LogP contribution in [-0.2, 0) is 29.8 Å². The first-order chi connectivity index (χ1) is 12.6. The summed E-state index contributed by atoms with van der Waals surface area (Å²) in [5, 5.41) is 7.89. The van der Waals surface area contributed by atoms with E-state index < -0.39 is 21.8 Å². The van der Waals surface area contributed by atoms with Crippen LogP contribution in [0.4, 0.5) is 18.9 Å². The zero-order chi connectivity index (χ0) is 19.8. The summed E-state index contributed by atoms with van der Waals surface area (Å²) in [6, 6.07) is 4.88. The highest BCUT2D eigenvalue weighted by Gasteiger charge is 2.30. The summed E-state index contributed by atoms with van der Waals surface area (Å²) >= 11 is 0. The monoisotopic (exact) mass is 399 g/mol. The van der Waals surface area contributed by atoms with Gasteiger partial charge in [0, 0.05) is 13.2 Å². The molecule has 0 saturated heterocycles. The van der Waals surface area contributed by atoms with Gasteiger partial charge < -0.3 is 0 Å². The third-order valence-corrected chi connectivity index (χ3v) is 5.45. The van der Waals surface area contributed by atoms with Crippen LogP contribution >= 0.6 is 0 Å². The van der Waals surface area contributed by atoms with Gasteiger partial charge in [0.25, 0.3) is 10.0 Å². The van der Waals surface area contributed by atoms with Crippen LogP contribution in [0.2, 0.25) is 0 Å². The van der Waals surface area contributed by atoms with Gasteiger partial charge in [-0.3, -0.25) is 14.1 Å². The number of rotatable bonds is 5. The summed E-state index contributed by atoms with van der Waals surface area (Å²) in [7, 11) is -2.22. The van der Waals surface area contributed by atoms with E-state index in [0.29, 0.717) is 11.3 Å². The van der Waals surface area contributed by atoms with E-state index in [1.54, 1.807) is 20.0 Å². The molecule has 7 nitrogen and oxygen atoms in total. The van der Waals surface area contributed by atoms with Crippen molar-refractivity contribution in [2.75, 3.05) is 4.72 Å². The second kappa shape index (κ2) is 6.72. The van der Waals surface area contributed by atoms with Gasteiger partial charge in [-0.05, 0) is 24.6 Å². The molecule has 0 spiro atoms. The van der Waals surface area contributed by atoms with Crippen molar-refractivity contribution in [1.82, 2.24) is 19.6 Å². The Kier molecular flexibility index (Phi) is 4.72. The van der Waals surface area contributed by atoms with E-state index in [1.165, 1.54) is 34.0 Å². The number of aryl methyl sites for hydroxylation is 1. The maximum Gasteiger partial charge on any atom is 0.416 e. The predicted molar refractivity (Wildman–Crippen MR) is 91.5 cm³/mol. The summed E-state index contributed by atoms with van der Waals surface area (Å²) in [6.07, 6.45) is -0.492. The normalized spacial score (nSPS) is 12.3. The van der Waals surface area contributed by atoms with Gasteiger partial charge in [-0.15, -0.1) is 0 Å². The third kappa shape index (κ3) is 4.13. The third-order valence-electron chi connectivity index (χ3n) is 3.96. The maximum absolute atomic E-state index is 12.8. The van der Waals surface area contributed by atoms with E-state index in [-0.39, 0.29) is 17.1 Å². The lowest BCUT2D eigenvalue weighted by atomic mass is 10.1. The largest absolute Gasteiger partial charge is 0.416 e. The highest BCUT2D eigenvalue weighted by Crippen LogP contribution is 2.29. The van der Waals surface area contributed by atoms with E-state index in [9.17, 15) is 21.6 Å². The number of nitrogens with zero attached hydrogens (tertiary/aromatic N) is 4. The fourth-order valence-corrected chi connectivity index (χ4v) is 3.72. The molecule has 3 rings (SSSR count). The Morgan fingerprint density at radius 1 is 1.19 bits per heavy atom. The zero-order valence-corrected chi connectivity index (χ0v) is 15.2. The molecule has 0 aliphatic rings. The summed E-state index contributed by atoms with van der Waals surface area (Å²) in [6.45, 7) is 1.69. The first-order valence-corrected chi connectivity index (χ1v) is 9.24. The molecular formula is C16H16F3N5O2S. The smallest absolute Gasteiger partial charge is 0.276 e. The summed E-state index contributed by atoms with van der Waals surface area (Å²) in [4.78, 5) is 0.0376. The zero-order valence-electron chi connectivity index (χ0n) is 14.4. The van der Waals surface area contributed by atoms with Crippen LogP contribution in [-0.4, -0.2) is 28.0 Å². The number of halogens is 3. The van der Waals surface area contributed by atoms with Crippen molar-refractivity contribution < 1.29 is 21.6 Å². The lowest BCUT2D eigenvalue weighted by Gasteiger charge is -2.08. The van der Waals surface area contributed by atoms with Crippen LogP contribution in [0.5, 0.6) is 0 Å². The van der Waals surface area contributed by atoms with Crippen molar-refractivity contribution in [3.63, 3.8) is 0 Å². The number of benzene rings is 1. The lowest BCUT2D eigenvalue weighted by Crippen LogP contribution is -2.13.